The Hall–Kier alpha value is -5.19. The average Bonchev–Trinajstić information content (AvgIpc) is 0.732. The van der Waals surface area contributed by atoms with Crippen molar-refractivity contribution in [1.29, 1.82) is 5.26 Å². The normalized spacial score (nSPS) is 12.3. The number of benzene rings is 11. The number of carboxylic acids is 1. The first-order valence-electron chi connectivity index (χ1n) is 33.2. The van der Waals surface area contributed by atoms with E-state index in [1.807, 2.05) is 36.4 Å². The van der Waals surface area contributed by atoms with E-state index < -0.39 is 17.0 Å². The fraction of sp³-hybridized carbons (Fsp3) is 0.188. The molecule has 3 radical (unpaired) electrons. The second-order valence-corrected chi connectivity index (χ2v) is 29.0. The van der Waals surface area contributed by atoms with Gasteiger partial charge in [-0.2, -0.15) is 0 Å². The van der Waals surface area contributed by atoms with Gasteiger partial charge in [-0.3, -0.25) is 14.6 Å². The maximum atomic E-state index is 11.7. The summed E-state index contributed by atoms with van der Waals surface area (Å²) in [4.78, 5) is 26.9. The molecule has 110 heavy (non-hydrogen) atoms. The summed E-state index contributed by atoms with van der Waals surface area (Å²) in [5.41, 5.74) is 19.3. The van der Waals surface area contributed by atoms with Crippen LogP contribution < -0.4 is 45.9 Å². The molecule has 11 aromatic rings. The summed E-state index contributed by atoms with van der Waals surface area (Å²) in [6.45, 7) is 10.9. The van der Waals surface area contributed by atoms with Crippen molar-refractivity contribution >= 4 is 190 Å². The fourth-order valence-electron chi connectivity index (χ4n) is 13.2. The predicted molar refractivity (Wildman–Crippen MR) is 468 cm³/mol. The van der Waals surface area contributed by atoms with Crippen LogP contribution in [0.1, 0.15) is 94.9 Å². The number of hydrogen-bond donors (Lipinski definition) is 4. The molecule has 0 fully saturated rings. The van der Waals surface area contributed by atoms with Crippen molar-refractivity contribution in [2.45, 2.75) is 57.4 Å². The zero-order chi connectivity index (χ0) is 75.5. The Morgan fingerprint density at radius 1 is 0.482 bits per heavy atom. The van der Waals surface area contributed by atoms with Crippen LogP contribution in [-0.4, -0.2) is 80.1 Å². The van der Waals surface area contributed by atoms with Gasteiger partial charge >= 0.3 is 35.5 Å². The maximum absolute atomic E-state index is 11.7. The van der Waals surface area contributed by atoms with Gasteiger partial charge in [-0.25, -0.2) is 4.79 Å². The molecular formula is C85H79BCl14N6NaO3. The molecule has 0 aromatic heterocycles. The maximum Gasteiger partial charge on any atom is 1.00 e. The third-order valence-electron chi connectivity index (χ3n) is 17.5. The van der Waals surface area contributed by atoms with Crippen LogP contribution in [0.2, 0.25) is 50.2 Å². The van der Waals surface area contributed by atoms with Gasteiger partial charge in [-0.1, -0.05) is 305 Å². The summed E-state index contributed by atoms with van der Waals surface area (Å²) in [5.74, 6) is 0.0249. The number of alkyl halides is 2. The van der Waals surface area contributed by atoms with Crippen LogP contribution >= 0.6 is 164 Å². The van der Waals surface area contributed by atoms with Gasteiger partial charge in [0.15, 0.2) is 0 Å². The minimum Gasteiger partial charge on any atom is -0.512 e. The molecule has 0 saturated carbocycles. The minimum atomic E-state index is -1.10. The molecule has 3 heterocycles. The van der Waals surface area contributed by atoms with Gasteiger partial charge in [0, 0.05) is 117 Å². The van der Waals surface area contributed by atoms with E-state index in [9.17, 15) is 14.7 Å². The zero-order valence-corrected chi connectivity index (χ0v) is 71.8. The molecule has 3 aliphatic rings. The number of aromatic carboxylic acids is 1. The molecule has 25 heteroatoms. The average molecular weight is 1760 g/mol. The van der Waals surface area contributed by atoms with Gasteiger partial charge in [-0.05, 0) is 159 Å². The molecule has 11 aromatic carbocycles. The number of halogens is 14. The third-order valence-corrected chi connectivity index (χ3v) is 20.6. The van der Waals surface area contributed by atoms with Gasteiger partial charge in [0.25, 0.3) is 0 Å². The Balaban J connectivity index is 0.000000374. The van der Waals surface area contributed by atoms with E-state index in [4.69, 9.17) is 157 Å². The SMILES string of the molecule is C.Cl.Cl.ClCCNc1cc(Cl)cc(Cl)c1.Clc1cc(Cl)c2c(c1)CN(C(c1ccccc1)(c1ccccc1)c1ccccc1)CC2.Clc1cc(Cl)c2c(c1)CNCC2.NCCCl.O=C(O)c1c(Cl)cc2c(c1Cl)CCN(C(c1ccccc1)(c1ccccc1)c1ccccc1)C2.O=Cc1cc(Cl)cc(Cl)c1.[B].[C-]#N.[Na+]. The number of carbonyl (C=O) groups excluding carboxylic acids is 1. The molecule has 3 aliphatic heterocycles. The van der Waals surface area contributed by atoms with Gasteiger partial charge in [0.2, 0.25) is 0 Å². The summed E-state index contributed by atoms with van der Waals surface area (Å²) < 4.78 is 0. The van der Waals surface area contributed by atoms with E-state index in [0.717, 1.165) is 87.6 Å². The van der Waals surface area contributed by atoms with Crippen molar-refractivity contribution in [3.63, 3.8) is 0 Å². The second kappa shape index (κ2) is 50.2. The number of carboxylic acid groups (broad SMARTS) is 1. The fourth-order valence-corrected chi connectivity index (χ4v) is 16.4. The molecule has 0 saturated heterocycles. The van der Waals surface area contributed by atoms with Crippen molar-refractivity contribution in [2.24, 2.45) is 5.73 Å². The van der Waals surface area contributed by atoms with Crippen LogP contribution in [0.15, 0.2) is 249 Å². The number of nitrogens with two attached hydrogens (primary N) is 1. The van der Waals surface area contributed by atoms with Crippen molar-refractivity contribution in [2.75, 3.05) is 49.8 Å². The van der Waals surface area contributed by atoms with Crippen molar-refractivity contribution in [3.05, 3.63) is 383 Å². The van der Waals surface area contributed by atoms with Gasteiger partial charge < -0.3 is 33.3 Å². The molecule has 0 spiro atoms. The van der Waals surface area contributed by atoms with Crippen LogP contribution in [0.4, 0.5) is 5.69 Å². The van der Waals surface area contributed by atoms with Gasteiger partial charge in [-0.15, -0.1) is 48.0 Å². The number of rotatable bonds is 14. The van der Waals surface area contributed by atoms with Crippen LogP contribution in [-0.2, 0) is 50.0 Å². The molecule has 5 N–H and O–H groups in total. The molecule has 0 amide bonds. The number of carbonyl (C=O) groups is 2. The quantitative estimate of drug-likeness (QED) is 0.0276. The first-order chi connectivity index (χ1) is 50.8. The number of fused-ring (bicyclic) bond motifs is 3. The molecule has 14 rings (SSSR count). The first kappa shape index (κ1) is 99.0. The van der Waals surface area contributed by atoms with E-state index in [1.54, 1.807) is 42.5 Å². The molecule has 0 bridgehead atoms. The largest absolute Gasteiger partial charge is 1.00 e. The van der Waals surface area contributed by atoms with Crippen molar-refractivity contribution in [3.8, 4) is 0 Å². The van der Waals surface area contributed by atoms with Crippen molar-refractivity contribution in [1.82, 2.24) is 15.1 Å². The van der Waals surface area contributed by atoms with Gasteiger partial charge in [0.1, 0.15) is 6.29 Å². The van der Waals surface area contributed by atoms with Crippen LogP contribution in [0, 0.1) is 11.8 Å². The van der Waals surface area contributed by atoms with Crippen molar-refractivity contribution < 1.29 is 44.3 Å². The summed E-state index contributed by atoms with van der Waals surface area (Å²) in [6.07, 6.45) is 3.22. The zero-order valence-electron chi connectivity index (χ0n) is 59.1. The van der Waals surface area contributed by atoms with Crippen LogP contribution in [0.25, 0.3) is 0 Å². The molecule has 0 aliphatic carbocycles. The second-order valence-electron chi connectivity index (χ2n) is 24.0. The number of aldehydes is 1. The Labute approximate surface area is 743 Å². The number of anilines is 1. The first-order valence-corrected chi connectivity index (χ1v) is 38.1. The summed E-state index contributed by atoms with van der Waals surface area (Å²) in [5, 5.41) is 27.8. The van der Waals surface area contributed by atoms with Gasteiger partial charge in [0.05, 0.1) is 26.7 Å². The monoisotopic (exact) mass is 1760 g/mol. The van der Waals surface area contributed by atoms with Crippen LogP contribution in [0.5, 0.6) is 0 Å². The topological polar surface area (TPSA) is 135 Å². The Bertz CT molecular complexity index is 4420. The number of nitrogens with zero attached hydrogens (tertiary/aromatic N) is 3. The molecule has 0 unspecified atom stereocenters. The summed E-state index contributed by atoms with van der Waals surface area (Å²) >= 11 is 71.1. The van der Waals surface area contributed by atoms with E-state index in [2.05, 4.69) is 190 Å². The molecule has 569 valence electrons. The van der Waals surface area contributed by atoms with E-state index in [1.165, 1.54) is 38.9 Å². The number of nitrogens with one attached hydrogen (secondary N) is 2. The smallest absolute Gasteiger partial charge is 0.512 e. The molecular weight excluding hydrogens is 1680 g/mol. The van der Waals surface area contributed by atoms with E-state index >= 15 is 0 Å². The van der Waals surface area contributed by atoms with E-state index in [-0.39, 0.29) is 85.8 Å². The standard InChI is InChI=1S/C29H23Cl2NO2.C28H23Cl2N.C9H9Cl2N.C8H8Cl3N.C7H4Cl2O.C2H6ClN.CN.CH4.B.2ClH.Na/c30-25-18-20-19-32(17-16-24(20)27(31)26(25)28(33)34)29(21-10-4-1-5-11-21,22-12-6-2-7-13-22)23-14-8-3-9-15-23;29-25-18-21-20-31(17-16-26(21)27(30)19-25)28(22-10-4-1-5-11-22,23-12-6-2-7-13-23)24-14-8-3-9-15-24;10-7-3-6-5-12-2-1-8(6)9(11)4-7;9-1-2-12-8-4-6(10)3-7(11)5-8;8-6-1-5(4-10)2-7(9)3-6;3-1-2-4;1-2;;;;;/h1-15,18H,16-17,19H2,(H,33,34);1-15,18-19H,16-17,20H2;3-4,12H,1-2,5H2;3-5,12H,1-2H2;1-4H;1-2,4H2;;1H4;;2*1H;/q;;;;;;-1;;;;;+1. The minimum absolute atomic E-state index is 0. The van der Waals surface area contributed by atoms with E-state index in [0.29, 0.717) is 81.3 Å². The predicted octanol–water partition coefficient (Wildman–Crippen LogP) is 21.9. The Morgan fingerprint density at radius 2 is 0.809 bits per heavy atom. The molecule has 9 nitrogen and oxygen atoms in total. The summed E-state index contributed by atoms with van der Waals surface area (Å²) in [6, 6.07) is 83.4. The van der Waals surface area contributed by atoms with Crippen LogP contribution in [0.3, 0.4) is 0 Å². The Morgan fingerprint density at radius 3 is 1.15 bits per heavy atom. The molecule has 0 atom stereocenters. The number of hydrogen-bond acceptors (Lipinski definition) is 8. The third kappa shape index (κ3) is 25.9. The summed E-state index contributed by atoms with van der Waals surface area (Å²) in [7, 11) is 0. The Kier molecular flexibility index (Phi) is 45.2.